The highest BCUT2D eigenvalue weighted by Crippen LogP contribution is 2.30. The van der Waals surface area contributed by atoms with E-state index in [1.54, 1.807) is 55.5 Å². The van der Waals surface area contributed by atoms with Gasteiger partial charge in [-0.05, 0) is 48.9 Å². The summed E-state index contributed by atoms with van der Waals surface area (Å²) < 4.78 is 10.5. The van der Waals surface area contributed by atoms with Crippen LogP contribution in [0.5, 0.6) is 11.5 Å². The fraction of sp³-hybridized carbons (Fsp3) is 0.200. The van der Waals surface area contributed by atoms with Gasteiger partial charge in [-0.25, -0.2) is 4.79 Å². The molecule has 148 valence electrons. The summed E-state index contributed by atoms with van der Waals surface area (Å²) in [7, 11) is 1.50. The molecule has 2 aromatic rings. The second-order valence-corrected chi connectivity index (χ2v) is 6.39. The minimum Gasteiger partial charge on any atom is -0.497 e. The van der Waals surface area contributed by atoms with Crippen molar-refractivity contribution in [1.82, 2.24) is 15.8 Å². The molecule has 3 rings (SSSR count). The highest BCUT2D eigenvalue weighted by atomic mass is 16.5. The standard InChI is InChI=1S/C20H18N4O5/c1-20(14-4-3-5-16(10-14)28-2)18(26)24(19(27)22-20)23-17(25)12-29-15-8-6-13(11-21)7-9-15/h3-10H,12H2,1-2H3,(H,22,27)(H,23,25)/t20-/m0/s1. The van der Waals surface area contributed by atoms with Crippen LogP contribution in [0.15, 0.2) is 48.5 Å². The van der Waals surface area contributed by atoms with Crippen molar-refractivity contribution >= 4 is 17.8 Å². The van der Waals surface area contributed by atoms with Gasteiger partial charge in [0.15, 0.2) is 6.61 Å². The number of nitrogens with one attached hydrogen (secondary N) is 2. The molecule has 1 atom stereocenters. The zero-order valence-electron chi connectivity index (χ0n) is 15.8. The van der Waals surface area contributed by atoms with Crippen molar-refractivity contribution in [2.75, 3.05) is 13.7 Å². The van der Waals surface area contributed by atoms with Gasteiger partial charge in [-0.2, -0.15) is 10.3 Å². The molecule has 2 N–H and O–H groups in total. The van der Waals surface area contributed by atoms with Crippen LogP contribution in [0.1, 0.15) is 18.1 Å². The molecule has 0 radical (unpaired) electrons. The fourth-order valence-corrected chi connectivity index (χ4v) is 2.80. The summed E-state index contributed by atoms with van der Waals surface area (Å²) in [5.41, 5.74) is 1.87. The summed E-state index contributed by atoms with van der Waals surface area (Å²) in [5, 5.41) is 12.0. The lowest BCUT2D eigenvalue weighted by atomic mass is 9.92. The first-order valence-corrected chi connectivity index (χ1v) is 8.61. The van der Waals surface area contributed by atoms with E-state index in [-0.39, 0.29) is 0 Å². The molecule has 9 nitrogen and oxygen atoms in total. The van der Waals surface area contributed by atoms with E-state index in [1.165, 1.54) is 7.11 Å². The summed E-state index contributed by atoms with van der Waals surface area (Å²) in [6.07, 6.45) is 0. The number of nitrogens with zero attached hydrogens (tertiary/aromatic N) is 2. The van der Waals surface area contributed by atoms with E-state index >= 15 is 0 Å². The summed E-state index contributed by atoms with van der Waals surface area (Å²) >= 11 is 0. The normalized spacial score (nSPS) is 18.0. The molecular formula is C20H18N4O5. The quantitative estimate of drug-likeness (QED) is 0.716. The second-order valence-electron chi connectivity index (χ2n) is 6.39. The molecule has 9 heteroatoms. The number of carbonyl (C=O) groups is 3. The number of hydrogen-bond donors (Lipinski definition) is 2. The predicted octanol–water partition coefficient (Wildman–Crippen LogP) is 1.44. The molecule has 0 aromatic heterocycles. The number of hydrazine groups is 1. The third-order valence-electron chi connectivity index (χ3n) is 4.43. The minimum absolute atomic E-state index is 0.373. The molecule has 0 aliphatic carbocycles. The van der Waals surface area contributed by atoms with E-state index in [4.69, 9.17) is 14.7 Å². The average Bonchev–Trinajstić information content (AvgIpc) is 2.96. The van der Waals surface area contributed by atoms with Gasteiger partial charge in [-0.1, -0.05) is 12.1 Å². The van der Waals surface area contributed by atoms with Crippen LogP contribution >= 0.6 is 0 Å². The average molecular weight is 394 g/mol. The SMILES string of the molecule is COc1cccc([C@]2(C)NC(=O)N(NC(=O)COc3ccc(C#N)cc3)C2=O)c1. The Hall–Kier alpha value is -4.06. The van der Waals surface area contributed by atoms with Gasteiger partial charge in [0.25, 0.3) is 11.8 Å². The van der Waals surface area contributed by atoms with Crippen molar-refractivity contribution in [2.45, 2.75) is 12.5 Å². The molecule has 1 heterocycles. The fourth-order valence-electron chi connectivity index (χ4n) is 2.80. The number of nitriles is 1. The van der Waals surface area contributed by atoms with Gasteiger partial charge in [0, 0.05) is 0 Å². The lowest BCUT2D eigenvalue weighted by Crippen LogP contribution is -2.49. The van der Waals surface area contributed by atoms with Crippen molar-refractivity contribution in [2.24, 2.45) is 0 Å². The van der Waals surface area contributed by atoms with Gasteiger partial charge >= 0.3 is 6.03 Å². The molecule has 29 heavy (non-hydrogen) atoms. The van der Waals surface area contributed by atoms with Gasteiger partial charge in [0.05, 0.1) is 18.7 Å². The van der Waals surface area contributed by atoms with Gasteiger partial charge in [-0.3, -0.25) is 15.0 Å². The highest BCUT2D eigenvalue weighted by molar-refractivity contribution is 6.08. The maximum atomic E-state index is 12.8. The monoisotopic (exact) mass is 394 g/mol. The van der Waals surface area contributed by atoms with Crippen molar-refractivity contribution in [3.8, 4) is 17.6 Å². The van der Waals surface area contributed by atoms with E-state index in [1.807, 2.05) is 6.07 Å². The smallest absolute Gasteiger partial charge is 0.344 e. The van der Waals surface area contributed by atoms with E-state index < -0.39 is 30.0 Å². The summed E-state index contributed by atoms with van der Waals surface area (Å²) in [5.74, 6) is -0.420. The first-order valence-electron chi connectivity index (χ1n) is 8.61. The van der Waals surface area contributed by atoms with Crippen LogP contribution in [-0.2, 0) is 15.1 Å². The molecule has 1 saturated heterocycles. The molecule has 1 aliphatic heterocycles. The molecule has 0 saturated carbocycles. The number of methoxy groups -OCH3 is 1. The molecular weight excluding hydrogens is 376 g/mol. The molecule has 1 fully saturated rings. The second kappa shape index (κ2) is 7.90. The van der Waals surface area contributed by atoms with E-state index in [0.29, 0.717) is 27.6 Å². The first-order chi connectivity index (χ1) is 13.9. The Labute approximate surface area is 166 Å². The van der Waals surface area contributed by atoms with E-state index in [0.717, 1.165) is 0 Å². The van der Waals surface area contributed by atoms with Crippen LogP contribution < -0.4 is 20.2 Å². The number of imide groups is 1. The van der Waals surface area contributed by atoms with Crippen LogP contribution in [0.25, 0.3) is 0 Å². The van der Waals surface area contributed by atoms with Gasteiger partial charge in [-0.15, -0.1) is 0 Å². The maximum Gasteiger partial charge on any atom is 0.344 e. The minimum atomic E-state index is -1.35. The Balaban J connectivity index is 1.66. The Morgan fingerprint density at radius 3 is 2.59 bits per heavy atom. The van der Waals surface area contributed by atoms with Crippen LogP contribution in [-0.4, -0.2) is 36.6 Å². The Morgan fingerprint density at radius 2 is 1.93 bits per heavy atom. The van der Waals surface area contributed by atoms with Crippen molar-refractivity contribution < 1.29 is 23.9 Å². The third-order valence-corrected chi connectivity index (χ3v) is 4.43. The zero-order valence-corrected chi connectivity index (χ0v) is 15.8. The lowest BCUT2D eigenvalue weighted by Gasteiger charge is -2.22. The van der Waals surface area contributed by atoms with Gasteiger partial charge in [0.2, 0.25) is 0 Å². The highest BCUT2D eigenvalue weighted by Gasteiger charge is 2.50. The molecule has 4 amide bonds. The zero-order chi connectivity index (χ0) is 21.0. The van der Waals surface area contributed by atoms with Crippen molar-refractivity contribution in [3.05, 3.63) is 59.7 Å². The van der Waals surface area contributed by atoms with E-state index in [9.17, 15) is 14.4 Å². The van der Waals surface area contributed by atoms with Gasteiger partial charge in [0.1, 0.15) is 17.0 Å². The van der Waals surface area contributed by atoms with Crippen molar-refractivity contribution in [3.63, 3.8) is 0 Å². The van der Waals surface area contributed by atoms with E-state index in [2.05, 4.69) is 10.7 Å². The number of hydrogen-bond acceptors (Lipinski definition) is 6. The molecule has 0 bridgehead atoms. The Kier molecular flexibility index (Phi) is 5.36. The number of amides is 4. The Morgan fingerprint density at radius 1 is 1.21 bits per heavy atom. The number of carbonyl (C=O) groups excluding carboxylic acids is 3. The van der Waals surface area contributed by atoms with Crippen molar-refractivity contribution in [1.29, 1.82) is 5.26 Å². The van der Waals surface area contributed by atoms with Crippen LogP contribution in [0.4, 0.5) is 4.79 Å². The maximum absolute atomic E-state index is 12.8. The molecule has 0 unspecified atom stereocenters. The number of rotatable bonds is 6. The molecule has 1 aliphatic rings. The summed E-state index contributed by atoms with van der Waals surface area (Å²) in [4.78, 5) is 37.3. The molecule has 2 aromatic carbocycles. The number of benzene rings is 2. The van der Waals surface area contributed by atoms with Crippen LogP contribution in [0.2, 0.25) is 0 Å². The molecule has 0 spiro atoms. The van der Waals surface area contributed by atoms with Crippen LogP contribution in [0, 0.1) is 11.3 Å². The predicted molar refractivity (Wildman–Crippen MR) is 101 cm³/mol. The Bertz CT molecular complexity index is 999. The summed E-state index contributed by atoms with van der Waals surface area (Å²) in [6, 6.07) is 14.1. The topological polar surface area (TPSA) is 121 Å². The van der Waals surface area contributed by atoms with Crippen LogP contribution in [0.3, 0.4) is 0 Å². The number of ether oxygens (including phenoxy) is 2. The lowest BCUT2D eigenvalue weighted by molar-refractivity contribution is -0.139. The number of urea groups is 1. The third kappa shape index (κ3) is 3.96. The van der Waals surface area contributed by atoms with Gasteiger partial charge < -0.3 is 14.8 Å². The summed E-state index contributed by atoms with van der Waals surface area (Å²) in [6.45, 7) is 1.13. The first kappa shape index (κ1) is 19.7. The largest absolute Gasteiger partial charge is 0.497 e.